The van der Waals surface area contributed by atoms with Crippen LogP contribution in [-0.2, 0) is 0 Å². The monoisotopic (exact) mass is 254 g/mol. The molecule has 0 aliphatic heterocycles. The van der Waals surface area contributed by atoms with E-state index >= 15 is 0 Å². The molecule has 0 nitrogen and oxygen atoms in total. The minimum absolute atomic E-state index is 0.427. The zero-order valence-electron chi connectivity index (χ0n) is 11.4. The minimum Gasteiger partial charge on any atom is -0.123 e. The zero-order chi connectivity index (χ0) is 12.0. The molecule has 4 saturated carbocycles. The second kappa shape index (κ2) is 4.44. The summed E-state index contributed by atoms with van der Waals surface area (Å²) < 4.78 is 0. The van der Waals surface area contributed by atoms with Gasteiger partial charge >= 0.3 is 0 Å². The topological polar surface area (TPSA) is 0 Å². The average Bonchev–Trinajstić information content (AvgIpc) is 2.26. The van der Waals surface area contributed by atoms with E-state index in [1.807, 2.05) is 0 Å². The molecule has 0 radical (unpaired) electrons. The van der Waals surface area contributed by atoms with Crippen molar-refractivity contribution in [2.75, 3.05) is 0 Å². The van der Waals surface area contributed by atoms with Crippen molar-refractivity contribution in [1.29, 1.82) is 0 Å². The van der Waals surface area contributed by atoms with E-state index in [0.717, 1.165) is 23.7 Å². The predicted molar refractivity (Wildman–Crippen MR) is 74.3 cm³/mol. The van der Waals surface area contributed by atoms with Crippen molar-refractivity contribution in [2.24, 2.45) is 29.1 Å². The molecule has 0 aromatic rings. The van der Waals surface area contributed by atoms with Gasteiger partial charge in [-0.15, -0.1) is 11.6 Å². The van der Waals surface area contributed by atoms with Crippen LogP contribution in [0.3, 0.4) is 0 Å². The quantitative estimate of drug-likeness (QED) is 0.602. The van der Waals surface area contributed by atoms with Gasteiger partial charge in [0.05, 0.1) is 0 Å². The fourth-order valence-corrected chi connectivity index (χ4v) is 6.13. The Morgan fingerprint density at radius 2 is 1.53 bits per heavy atom. The highest BCUT2D eigenvalue weighted by Crippen LogP contribution is 2.63. The van der Waals surface area contributed by atoms with Crippen molar-refractivity contribution in [2.45, 2.75) is 70.6 Å². The molecule has 0 amide bonds. The van der Waals surface area contributed by atoms with Crippen molar-refractivity contribution < 1.29 is 0 Å². The van der Waals surface area contributed by atoms with E-state index < -0.39 is 0 Å². The Labute approximate surface area is 111 Å². The third-order valence-corrected chi connectivity index (χ3v) is 6.75. The molecule has 2 atom stereocenters. The summed E-state index contributed by atoms with van der Waals surface area (Å²) in [6.45, 7) is 4.72. The van der Waals surface area contributed by atoms with Crippen LogP contribution in [-0.4, -0.2) is 5.38 Å². The zero-order valence-corrected chi connectivity index (χ0v) is 12.2. The summed E-state index contributed by atoms with van der Waals surface area (Å²) in [5.74, 6) is 3.94. The summed E-state index contributed by atoms with van der Waals surface area (Å²) in [4.78, 5) is 0. The molecule has 0 aromatic heterocycles. The number of halogens is 1. The molecule has 2 unspecified atom stereocenters. The molecular formula is C16H27Cl. The van der Waals surface area contributed by atoms with Crippen LogP contribution >= 0.6 is 11.6 Å². The first kappa shape index (κ1) is 12.3. The number of rotatable bonds is 4. The number of hydrogen-bond acceptors (Lipinski definition) is 0. The second-order valence-corrected chi connectivity index (χ2v) is 7.93. The van der Waals surface area contributed by atoms with Gasteiger partial charge in [0.2, 0.25) is 0 Å². The molecule has 1 heteroatoms. The lowest BCUT2D eigenvalue weighted by molar-refractivity contribution is -0.0840. The summed E-state index contributed by atoms with van der Waals surface area (Å²) in [5.41, 5.74) is 0.649. The Kier molecular flexibility index (Phi) is 3.22. The van der Waals surface area contributed by atoms with E-state index in [2.05, 4.69) is 13.8 Å². The Bertz CT molecular complexity index is 248. The van der Waals surface area contributed by atoms with Gasteiger partial charge in [0.25, 0.3) is 0 Å². The molecule has 4 aliphatic rings. The van der Waals surface area contributed by atoms with Crippen molar-refractivity contribution >= 4 is 11.6 Å². The normalized spacial score (nSPS) is 47.1. The van der Waals surface area contributed by atoms with Crippen LogP contribution in [0.25, 0.3) is 0 Å². The van der Waals surface area contributed by atoms with Crippen LogP contribution in [0.15, 0.2) is 0 Å². The van der Waals surface area contributed by atoms with Gasteiger partial charge in [-0.05, 0) is 74.0 Å². The first-order valence-electron chi connectivity index (χ1n) is 7.77. The fourth-order valence-electron chi connectivity index (χ4n) is 5.64. The van der Waals surface area contributed by atoms with Gasteiger partial charge < -0.3 is 0 Å². The first-order chi connectivity index (χ1) is 8.13. The summed E-state index contributed by atoms with van der Waals surface area (Å²) in [6, 6.07) is 0. The van der Waals surface area contributed by atoms with Gasteiger partial charge in [0.15, 0.2) is 0 Å². The molecule has 4 rings (SSSR count). The Morgan fingerprint density at radius 1 is 1.06 bits per heavy atom. The molecule has 4 fully saturated rings. The van der Waals surface area contributed by atoms with Gasteiger partial charge in [0, 0.05) is 5.38 Å². The molecule has 4 bridgehead atoms. The standard InChI is InChI=1S/C16H27Cl/c1-3-4-15(17)11(2)16-8-12-5-13(9-16)7-14(6-12)10-16/h11-15H,3-10H2,1-2H3. The van der Waals surface area contributed by atoms with Gasteiger partial charge in [-0.2, -0.15) is 0 Å². The third kappa shape index (κ3) is 2.05. The minimum atomic E-state index is 0.427. The van der Waals surface area contributed by atoms with Gasteiger partial charge in [-0.25, -0.2) is 0 Å². The van der Waals surface area contributed by atoms with Gasteiger partial charge in [-0.1, -0.05) is 20.3 Å². The largest absolute Gasteiger partial charge is 0.123 e. The van der Waals surface area contributed by atoms with E-state index in [-0.39, 0.29) is 0 Å². The van der Waals surface area contributed by atoms with Crippen molar-refractivity contribution in [3.05, 3.63) is 0 Å². The second-order valence-electron chi connectivity index (χ2n) is 7.37. The van der Waals surface area contributed by atoms with Crippen molar-refractivity contribution in [3.8, 4) is 0 Å². The molecule has 0 heterocycles. The highest BCUT2D eigenvalue weighted by Gasteiger charge is 2.53. The van der Waals surface area contributed by atoms with Crippen molar-refractivity contribution in [3.63, 3.8) is 0 Å². The summed E-state index contributed by atoms with van der Waals surface area (Å²) >= 11 is 6.67. The molecule has 0 saturated heterocycles. The lowest BCUT2D eigenvalue weighted by Crippen LogP contribution is -2.50. The van der Waals surface area contributed by atoms with Crippen LogP contribution in [0.2, 0.25) is 0 Å². The molecule has 0 aromatic carbocycles. The highest BCUT2D eigenvalue weighted by molar-refractivity contribution is 6.20. The van der Waals surface area contributed by atoms with Gasteiger partial charge in [0.1, 0.15) is 0 Å². The SMILES string of the molecule is CCCC(Cl)C(C)C12CC3CC(CC(C3)C1)C2. The van der Waals surface area contributed by atoms with Crippen LogP contribution in [0.1, 0.15) is 65.2 Å². The molecule has 17 heavy (non-hydrogen) atoms. The maximum absolute atomic E-state index is 6.67. The predicted octanol–water partition coefficient (Wildman–Crippen LogP) is 5.25. The maximum Gasteiger partial charge on any atom is 0.0366 e. The van der Waals surface area contributed by atoms with Crippen LogP contribution in [0.4, 0.5) is 0 Å². The number of hydrogen-bond donors (Lipinski definition) is 0. The molecular weight excluding hydrogens is 228 g/mol. The Morgan fingerprint density at radius 3 is 1.94 bits per heavy atom. The smallest absolute Gasteiger partial charge is 0.0366 e. The van der Waals surface area contributed by atoms with E-state index in [0.29, 0.717) is 10.8 Å². The summed E-state index contributed by atoms with van der Waals surface area (Å²) in [7, 11) is 0. The van der Waals surface area contributed by atoms with Gasteiger partial charge in [-0.3, -0.25) is 0 Å². The van der Waals surface area contributed by atoms with E-state index in [1.54, 1.807) is 19.3 Å². The number of alkyl halides is 1. The molecule has 0 N–H and O–H groups in total. The van der Waals surface area contributed by atoms with E-state index in [4.69, 9.17) is 11.6 Å². The molecule has 0 spiro atoms. The Balaban J connectivity index is 1.77. The van der Waals surface area contributed by atoms with Crippen LogP contribution in [0.5, 0.6) is 0 Å². The van der Waals surface area contributed by atoms with E-state index in [9.17, 15) is 0 Å². The molecule has 4 aliphatic carbocycles. The van der Waals surface area contributed by atoms with Crippen LogP contribution < -0.4 is 0 Å². The highest BCUT2D eigenvalue weighted by atomic mass is 35.5. The maximum atomic E-state index is 6.67. The Hall–Kier alpha value is 0.290. The van der Waals surface area contributed by atoms with E-state index in [1.165, 1.54) is 32.1 Å². The lowest BCUT2D eigenvalue weighted by atomic mass is 9.46. The lowest BCUT2D eigenvalue weighted by Gasteiger charge is -2.59. The first-order valence-corrected chi connectivity index (χ1v) is 8.20. The average molecular weight is 255 g/mol. The van der Waals surface area contributed by atoms with Crippen molar-refractivity contribution in [1.82, 2.24) is 0 Å². The summed E-state index contributed by atoms with van der Waals surface area (Å²) in [6.07, 6.45) is 11.6. The molecule has 98 valence electrons. The van der Waals surface area contributed by atoms with Crippen LogP contribution in [0, 0.1) is 29.1 Å². The third-order valence-electron chi connectivity index (χ3n) is 6.16. The fraction of sp³-hybridized carbons (Fsp3) is 1.00. The summed E-state index contributed by atoms with van der Waals surface area (Å²) in [5, 5.41) is 0.427.